The van der Waals surface area contributed by atoms with Gasteiger partial charge in [0, 0.05) is 6.54 Å². The summed E-state index contributed by atoms with van der Waals surface area (Å²) in [7, 11) is 0. The molecule has 86 valence electrons. The van der Waals surface area contributed by atoms with Crippen molar-refractivity contribution in [3.8, 4) is 12.3 Å². The largest absolute Gasteiger partial charge is 0.298 e. The second kappa shape index (κ2) is 5.42. The average molecular weight is 225 g/mol. The van der Waals surface area contributed by atoms with Gasteiger partial charge in [0.2, 0.25) is 0 Å². The van der Waals surface area contributed by atoms with Crippen molar-refractivity contribution in [2.24, 2.45) is 0 Å². The molecule has 0 fully saturated rings. The Hall–Kier alpha value is -1.92. The monoisotopic (exact) mass is 225 g/mol. The average Bonchev–Trinajstić information content (AvgIpc) is 2.40. The second-order valence-corrected chi connectivity index (χ2v) is 3.86. The Bertz CT molecular complexity index is 542. The van der Waals surface area contributed by atoms with Crippen LogP contribution in [0.4, 0.5) is 0 Å². The first-order chi connectivity index (χ1) is 8.33. The van der Waals surface area contributed by atoms with Crippen LogP contribution < -0.4 is 5.32 Å². The highest BCUT2D eigenvalue weighted by atomic mass is 14.9. The van der Waals surface area contributed by atoms with Crippen molar-refractivity contribution in [2.75, 3.05) is 0 Å². The SMILES string of the molecule is C#CC(CC)NCc1cnc2ccccc2n1. The zero-order valence-electron chi connectivity index (χ0n) is 9.85. The normalized spacial score (nSPS) is 12.2. The first kappa shape index (κ1) is 11.6. The summed E-state index contributed by atoms with van der Waals surface area (Å²) in [6, 6.07) is 7.94. The molecule has 0 radical (unpaired) electrons. The van der Waals surface area contributed by atoms with E-state index in [-0.39, 0.29) is 6.04 Å². The van der Waals surface area contributed by atoms with Crippen LogP contribution in [0.5, 0.6) is 0 Å². The molecular weight excluding hydrogens is 210 g/mol. The summed E-state index contributed by atoms with van der Waals surface area (Å²) in [6.45, 7) is 2.71. The third-order valence-electron chi connectivity index (χ3n) is 2.64. The third kappa shape index (κ3) is 2.80. The van der Waals surface area contributed by atoms with E-state index < -0.39 is 0 Å². The Labute approximate surface area is 101 Å². The molecule has 0 aliphatic rings. The molecule has 2 aromatic rings. The molecule has 0 saturated carbocycles. The lowest BCUT2D eigenvalue weighted by atomic mass is 10.2. The fourth-order valence-corrected chi connectivity index (χ4v) is 1.63. The molecular formula is C14H15N3. The van der Waals surface area contributed by atoms with Crippen molar-refractivity contribution in [2.45, 2.75) is 25.9 Å². The Morgan fingerprint density at radius 2 is 2.12 bits per heavy atom. The first-order valence-electron chi connectivity index (χ1n) is 5.73. The van der Waals surface area contributed by atoms with E-state index in [9.17, 15) is 0 Å². The van der Waals surface area contributed by atoms with E-state index in [1.54, 1.807) is 6.20 Å². The van der Waals surface area contributed by atoms with Gasteiger partial charge in [0.1, 0.15) is 0 Å². The maximum atomic E-state index is 5.39. The van der Waals surface area contributed by atoms with Gasteiger partial charge >= 0.3 is 0 Å². The van der Waals surface area contributed by atoms with Crippen molar-refractivity contribution in [1.29, 1.82) is 0 Å². The molecule has 1 unspecified atom stereocenters. The van der Waals surface area contributed by atoms with Crippen LogP contribution in [-0.4, -0.2) is 16.0 Å². The minimum Gasteiger partial charge on any atom is -0.298 e. The van der Waals surface area contributed by atoms with Gasteiger partial charge in [-0.15, -0.1) is 6.42 Å². The Kier molecular flexibility index (Phi) is 3.69. The fourth-order valence-electron chi connectivity index (χ4n) is 1.63. The van der Waals surface area contributed by atoms with Crippen LogP contribution >= 0.6 is 0 Å². The Morgan fingerprint density at radius 3 is 2.82 bits per heavy atom. The third-order valence-corrected chi connectivity index (χ3v) is 2.64. The van der Waals surface area contributed by atoms with E-state index in [2.05, 4.69) is 28.1 Å². The van der Waals surface area contributed by atoms with Crippen LogP contribution in [0, 0.1) is 12.3 Å². The first-order valence-corrected chi connectivity index (χ1v) is 5.73. The summed E-state index contributed by atoms with van der Waals surface area (Å²) < 4.78 is 0. The van der Waals surface area contributed by atoms with E-state index in [0.717, 1.165) is 23.1 Å². The lowest BCUT2D eigenvalue weighted by Crippen LogP contribution is -2.26. The minimum absolute atomic E-state index is 0.100. The van der Waals surface area contributed by atoms with Crippen LogP contribution in [0.1, 0.15) is 19.0 Å². The van der Waals surface area contributed by atoms with Gasteiger partial charge < -0.3 is 0 Å². The van der Waals surface area contributed by atoms with Gasteiger partial charge in [-0.05, 0) is 18.6 Å². The summed E-state index contributed by atoms with van der Waals surface area (Å²) >= 11 is 0. The van der Waals surface area contributed by atoms with Gasteiger partial charge in [-0.3, -0.25) is 10.3 Å². The van der Waals surface area contributed by atoms with Crippen molar-refractivity contribution in [3.63, 3.8) is 0 Å². The van der Waals surface area contributed by atoms with Gasteiger partial charge in [0.15, 0.2) is 0 Å². The highest BCUT2D eigenvalue weighted by Gasteiger charge is 2.03. The van der Waals surface area contributed by atoms with Crippen LogP contribution in [0.2, 0.25) is 0 Å². The highest BCUT2D eigenvalue weighted by Crippen LogP contribution is 2.08. The molecule has 0 amide bonds. The maximum Gasteiger partial charge on any atom is 0.0890 e. The van der Waals surface area contributed by atoms with Crippen molar-refractivity contribution < 1.29 is 0 Å². The molecule has 3 nitrogen and oxygen atoms in total. The van der Waals surface area contributed by atoms with Gasteiger partial charge in [0.25, 0.3) is 0 Å². The summed E-state index contributed by atoms with van der Waals surface area (Å²) in [5.74, 6) is 2.70. The summed E-state index contributed by atoms with van der Waals surface area (Å²) in [5, 5.41) is 3.26. The van der Waals surface area contributed by atoms with Crippen molar-refractivity contribution in [3.05, 3.63) is 36.2 Å². The lowest BCUT2D eigenvalue weighted by Gasteiger charge is -2.09. The molecule has 3 heteroatoms. The Balaban J connectivity index is 2.12. The zero-order chi connectivity index (χ0) is 12.1. The van der Waals surface area contributed by atoms with Crippen LogP contribution in [0.3, 0.4) is 0 Å². The molecule has 17 heavy (non-hydrogen) atoms. The number of rotatable bonds is 4. The van der Waals surface area contributed by atoms with E-state index in [0.29, 0.717) is 6.54 Å². The second-order valence-electron chi connectivity index (χ2n) is 3.86. The molecule has 0 saturated heterocycles. The number of hydrogen-bond acceptors (Lipinski definition) is 3. The molecule has 1 heterocycles. The number of para-hydroxylation sites is 2. The van der Waals surface area contributed by atoms with E-state index in [1.807, 2.05) is 24.3 Å². The maximum absolute atomic E-state index is 5.39. The molecule has 0 aliphatic heterocycles. The van der Waals surface area contributed by atoms with E-state index in [4.69, 9.17) is 6.42 Å². The topological polar surface area (TPSA) is 37.8 Å². The predicted octanol–water partition coefficient (Wildman–Crippen LogP) is 2.13. The number of hydrogen-bond donors (Lipinski definition) is 1. The quantitative estimate of drug-likeness (QED) is 0.810. The van der Waals surface area contributed by atoms with E-state index in [1.165, 1.54) is 0 Å². The van der Waals surface area contributed by atoms with Gasteiger partial charge in [0.05, 0.1) is 29.0 Å². The smallest absolute Gasteiger partial charge is 0.0890 e. The predicted molar refractivity (Wildman–Crippen MR) is 69.3 cm³/mol. The fraction of sp³-hybridized carbons (Fsp3) is 0.286. The molecule has 1 atom stereocenters. The molecule has 1 aromatic carbocycles. The van der Waals surface area contributed by atoms with E-state index >= 15 is 0 Å². The lowest BCUT2D eigenvalue weighted by molar-refractivity contribution is 0.585. The minimum atomic E-state index is 0.100. The standard InChI is InChI=1S/C14H15N3/c1-3-11(4-2)15-9-12-10-16-13-7-5-6-8-14(13)17-12/h1,5-8,10-11,15H,4,9H2,2H3. The van der Waals surface area contributed by atoms with Crippen molar-refractivity contribution >= 4 is 11.0 Å². The molecule has 0 aliphatic carbocycles. The van der Waals surface area contributed by atoms with Crippen LogP contribution in [0.15, 0.2) is 30.5 Å². The van der Waals surface area contributed by atoms with Gasteiger partial charge in [-0.25, -0.2) is 4.98 Å². The zero-order valence-corrected chi connectivity index (χ0v) is 9.85. The van der Waals surface area contributed by atoms with Crippen molar-refractivity contribution in [1.82, 2.24) is 15.3 Å². The highest BCUT2D eigenvalue weighted by molar-refractivity contribution is 5.73. The van der Waals surface area contributed by atoms with Gasteiger partial charge in [-0.2, -0.15) is 0 Å². The number of nitrogens with one attached hydrogen (secondary N) is 1. The summed E-state index contributed by atoms with van der Waals surface area (Å²) in [6.07, 6.45) is 8.09. The summed E-state index contributed by atoms with van der Waals surface area (Å²) in [4.78, 5) is 8.88. The molecule has 0 bridgehead atoms. The number of benzene rings is 1. The molecule has 2 rings (SSSR count). The number of nitrogens with zero attached hydrogens (tertiary/aromatic N) is 2. The van der Waals surface area contributed by atoms with Crippen LogP contribution in [-0.2, 0) is 6.54 Å². The molecule has 1 aromatic heterocycles. The summed E-state index contributed by atoms with van der Waals surface area (Å²) in [5.41, 5.74) is 2.75. The number of aromatic nitrogens is 2. The van der Waals surface area contributed by atoms with Crippen LogP contribution in [0.25, 0.3) is 11.0 Å². The van der Waals surface area contributed by atoms with Gasteiger partial charge in [-0.1, -0.05) is 25.0 Å². The number of fused-ring (bicyclic) bond motifs is 1. The molecule has 0 spiro atoms. The number of terminal acetylenes is 1. The molecule has 1 N–H and O–H groups in total. The Morgan fingerprint density at radius 1 is 1.35 bits per heavy atom.